The lowest BCUT2D eigenvalue weighted by Gasteiger charge is -2.33. The van der Waals surface area contributed by atoms with Gasteiger partial charge in [-0.3, -0.25) is 4.90 Å². The molecule has 45 heavy (non-hydrogen) atoms. The predicted octanol–water partition coefficient (Wildman–Crippen LogP) is -6.60. The number of hydrogen-bond acceptors (Lipinski definition) is 18. The summed E-state index contributed by atoms with van der Waals surface area (Å²) in [6.07, 6.45) is -13.1. The molecule has 19 nitrogen and oxygen atoms in total. The zero-order valence-electron chi connectivity index (χ0n) is 25.5. The minimum absolute atomic E-state index is 0.0326. The summed E-state index contributed by atoms with van der Waals surface area (Å²) in [6, 6.07) is 0. The standard InChI is InChI=1S/C26H52N4O15/c1-17(33)10-30-11-18(27-28-30)16-45-9-8-44-7-6-43-5-4-42-3-2-29(12-19(34)23(38)25(40)21(36)14-31)13-20(35)24(39)26(41)22(37)15-32/h11,17,19-26,31-41H,2-10,12-16H2,1H3/t17-,19+,20+,21-,22-,23-,24-,25-,26-/m1/s1. The number of nitrogens with zero attached hydrogens (tertiary/aromatic N) is 4. The zero-order chi connectivity index (χ0) is 33.8. The Balaban J connectivity index is 2.33. The first-order valence-corrected chi connectivity index (χ1v) is 14.7. The summed E-state index contributed by atoms with van der Waals surface area (Å²) in [7, 11) is 0. The minimum Gasteiger partial charge on any atom is -0.394 e. The Morgan fingerprint density at radius 2 is 1.07 bits per heavy atom. The highest BCUT2D eigenvalue weighted by Gasteiger charge is 2.34. The fourth-order valence-electron chi connectivity index (χ4n) is 3.92. The first-order valence-electron chi connectivity index (χ1n) is 14.7. The SMILES string of the molecule is C[C@@H](O)Cn1cc(COCCOCCOCCOCCN(C[C@H](O)[C@@H](O)[C@H](O)[C@H](O)CO)C[C@H](O)[C@@H](O)[C@H](O)[C@H](O)CO)nn1. The molecule has 0 aliphatic carbocycles. The maximum atomic E-state index is 10.4. The van der Waals surface area contributed by atoms with Gasteiger partial charge in [-0.15, -0.1) is 5.10 Å². The molecule has 0 spiro atoms. The Morgan fingerprint density at radius 1 is 0.644 bits per heavy atom. The van der Waals surface area contributed by atoms with Gasteiger partial charge in [0.1, 0.15) is 42.3 Å². The molecule has 1 aromatic heterocycles. The number of hydrogen-bond donors (Lipinski definition) is 11. The predicted molar refractivity (Wildman–Crippen MR) is 152 cm³/mol. The number of ether oxygens (including phenoxy) is 4. The van der Waals surface area contributed by atoms with Crippen molar-refractivity contribution in [3.8, 4) is 0 Å². The summed E-state index contributed by atoms with van der Waals surface area (Å²) in [5.74, 6) is 0. The van der Waals surface area contributed by atoms with Gasteiger partial charge in [0.25, 0.3) is 0 Å². The van der Waals surface area contributed by atoms with Gasteiger partial charge in [-0.05, 0) is 6.92 Å². The fraction of sp³-hybridized carbons (Fsp3) is 0.923. The maximum Gasteiger partial charge on any atom is 0.111 e. The molecule has 11 N–H and O–H groups in total. The third-order valence-electron chi connectivity index (χ3n) is 6.50. The van der Waals surface area contributed by atoms with Crippen molar-refractivity contribution >= 4 is 0 Å². The van der Waals surface area contributed by atoms with Crippen molar-refractivity contribution in [2.75, 3.05) is 79.1 Å². The summed E-state index contributed by atoms with van der Waals surface area (Å²) in [5.41, 5.74) is 0.637. The van der Waals surface area contributed by atoms with Crippen molar-refractivity contribution in [2.45, 2.75) is 75.0 Å². The van der Waals surface area contributed by atoms with Crippen molar-refractivity contribution in [1.82, 2.24) is 19.9 Å². The van der Waals surface area contributed by atoms with Crippen LogP contribution in [0.3, 0.4) is 0 Å². The largest absolute Gasteiger partial charge is 0.394 e. The number of aliphatic hydroxyl groups is 11. The Kier molecular flexibility index (Phi) is 21.9. The molecule has 0 aromatic carbocycles. The summed E-state index contributed by atoms with van der Waals surface area (Å²) in [6.45, 7) is 1.52. The molecule has 1 aromatic rings. The smallest absolute Gasteiger partial charge is 0.111 e. The molecule has 0 radical (unpaired) electrons. The average molecular weight is 661 g/mol. The molecule has 1 rings (SSSR count). The molecule has 0 aliphatic rings. The molecule has 0 saturated carbocycles. The normalized spacial score (nSPS) is 18.3. The van der Waals surface area contributed by atoms with Crippen LogP contribution in [0.4, 0.5) is 0 Å². The van der Waals surface area contributed by atoms with Crippen LogP contribution >= 0.6 is 0 Å². The Hall–Kier alpha value is -1.50. The summed E-state index contributed by atoms with van der Waals surface area (Å²) in [4.78, 5) is 1.34. The molecule has 0 aliphatic heterocycles. The van der Waals surface area contributed by atoms with E-state index in [1.807, 2.05) is 0 Å². The van der Waals surface area contributed by atoms with Gasteiger partial charge in [-0.2, -0.15) is 0 Å². The molecule has 19 heteroatoms. The van der Waals surface area contributed by atoms with Crippen molar-refractivity contribution < 1.29 is 75.1 Å². The monoisotopic (exact) mass is 660 g/mol. The topological polar surface area (TPSA) is 293 Å². The van der Waals surface area contributed by atoms with E-state index in [1.165, 1.54) is 9.58 Å². The third kappa shape index (κ3) is 17.3. The van der Waals surface area contributed by atoms with Gasteiger partial charge in [0.2, 0.25) is 0 Å². The van der Waals surface area contributed by atoms with Gasteiger partial charge in [0, 0.05) is 19.6 Å². The van der Waals surface area contributed by atoms with Crippen LogP contribution in [-0.2, 0) is 32.1 Å². The molecule has 0 bridgehead atoms. The van der Waals surface area contributed by atoms with Gasteiger partial charge in [-0.1, -0.05) is 5.21 Å². The van der Waals surface area contributed by atoms with Crippen LogP contribution in [0.1, 0.15) is 12.6 Å². The second-order valence-corrected chi connectivity index (χ2v) is 10.5. The van der Waals surface area contributed by atoms with Gasteiger partial charge in [0.05, 0.1) is 97.1 Å². The van der Waals surface area contributed by atoms with Crippen LogP contribution in [0.15, 0.2) is 6.20 Å². The first-order chi connectivity index (χ1) is 21.4. The second kappa shape index (κ2) is 23.8. The highest BCUT2D eigenvalue weighted by atomic mass is 16.6. The first kappa shape index (κ1) is 41.5. The zero-order valence-corrected chi connectivity index (χ0v) is 25.5. The van der Waals surface area contributed by atoms with Crippen LogP contribution in [0, 0.1) is 0 Å². The van der Waals surface area contributed by atoms with E-state index < -0.39 is 68.1 Å². The Morgan fingerprint density at radius 3 is 1.51 bits per heavy atom. The van der Waals surface area contributed by atoms with Crippen LogP contribution in [0.2, 0.25) is 0 Å². The van der Waals surface area contributed by atoms with Gasteiger partial charge in [-0.25, -0.2) is 4.68 Å². The van der Waals surface area contributed by atoms with Crippen LogP contribution in [0.5, 0.6) is 0 Å². The number of aromatic nitrogens is 3. The summed E-state index contributed by atoms with van der Waals surface area (Å²) in [5, 5.41) is 115. The lowest BCUT2D eigenvalue weighted by molar-refractivity contribution is -0.131. The molecule has 1 heterocycles. The second-order valence-electron chi connectivity index (χ2n) is 10.5. The van der Waals surface area contributed by atoms with E-state index in [1.54, 1.807) is 13.1 Å². The third-order valence-corrected chi connectivity index (χ3v) is 6.50. The molecule has 0 fully saturated rings. The van der Waals surface area contributed by atoms with E-state index in [4.69, 9.17) is 29.2 Å². The van der Waals surface area contributed by atoms with E-state index >= 15 is 0 Å². The molecule has 266 valence electrons. The average Bonchev–Trinajstić information content (AvgIpc) is 3.46. The van der Waals surface area contributed by atoms with Gasteiger partial charge < -0.3 is 75.1 Å². The van der Waals surface area contributed by atoms with E-state index in [9.17, 15) is 46.0 Å². The Bertz CT molecular complexity index is 827. The number of aliphatic hydroxyl groups excluding tert-OH is 11. The quantitative estimate of drug-likeness (QED) is 0.0372. The van der Waals surface area contributed by atoms with E-state index in [-0.39, 0.29) is 46.1 Å². The molecule has 9 atom stereocenters. The van der Waals surface area contributed by atoms with Gasteiger partial charge in [0.15, 0.2) is 0 Å². The lowest BCUT2D eigenvalue weighted by atomic mass is 10.0. The van der Waals surface area contributed by atoms with Crippen molar-refractivity contribution in [2.24, 2.45) is 0 Å². The highest BCUT2D eigenvalue weighted by molar-refractivity contribution is 4.89. The molecular formula is C26H52N4O15. The van der Waals surface area contributed by atoms with Crippen LogP contribution in [-0.4, -0.2) is 210 Å². The van der Waals surface area contributed by atoms with E-state index in [0.717, 1.165) is 0 Å². The van der Waals surface area contributed by atoms with Crippen LogP contribution < -0.4 is 0 Å². The van der Waals surface area contributed by atoms with Crippen molar-refractivity contribution in [1.29, 1.82) is 0 Å². The minimum atomic E-state index is -1.87. The van der Waals surface area contributed by atoms with Gasteiger partial charge >= 0.3 is 0 Å². The molecule has 0 amide bonds. The van der Waals surface area contributed by atoms with E-state index in [0.29, 0.717) is 38.7 Å². The molecule has 0 saturated heterocycles. The highest BCUT2D eigenvalue weighted by Crippen LogP contribution is 2.11. The molecule has 0 unspecified atom stereocenters. The summed E-state index contributed by atoms with van der Waals surface area (Å²) < 4.78 is 23.3. The van der Waals surface area contributed by atoms with Crippen LogP contribution in [0.25, 0.3) is 0 Å². The maximum absolute atomic E-state index is 10.4. The number of rotatable bonds is 28. The van der Waals surface area contributed by atoms with Crippen molar-refractivity contribution in [3.05, 3.63) is 11.9 Å². The lowest BCUT2D eigenvalue weighted by Crippen LogP contribution is -2.53. The Labute approximate surface area is 261 Å². The van der Waals surface area contributed by atoms with E-state index in [2.05, 4.69) is 10.3 Å². The summed E-state index contributed by atoms with van der Waals surface area (Å²) >= 11 is 0. The molecular weight excluding hydrogens is 608 g/mol. The fourth-order valence-corrected chi connectivity index (χ4v) is 3.92. The van der Waals surface area contributed by atoms with Crippen molar-refractivity contribution in [3.63, 3.8) is 0 Å².